The molecule has 0 unspecified atom stereocenters. The molecule has 0 amide bonds. The van der Waals surface area contributed by atoms with Crippen LogP contribution >= 0.6 is 0 Å². The summed E-state index contributed by atoms with van der Waals surface area (Å²) in [6.07, 6.45) is 0.828. The quantitative estimate of drug-likeness (QED) is 0.285. The van der Waals surface area contributed by atoms with E-state index in [9.17, 15) is 0 Å². The maximum Gasteiger partial charge on any atom is 0.119 e. The van der Waals surface area contributed by atoms with Crippen molar-refractivity contribution in [3.05, 3.63) is 119 Å². The van der Waals surface area contributed by atoms with Gasteiger partial charge < -0.3 is 19.7 Å². The molecule has 36 heavy (non-hydrogen) atoms. The Labute approximate surface area is 210 Å². The number of hydrogen-bond acceptors (Lipinski definition) is 4. The van der Waals surface area contributed by atoms with Crippen LogP contribution in [0.4, 0.5) is 0 Å². The van der Waals surface area contributed by atoms with Gasteiger partial charge in [-0.2, -0.15) is 0 Å². The van der Waals surface area contributed by atoms with Crippen LogP contribution in [-0.4, -0.2) is 36.6 Å². The van der Waals surface area contributed by atoms with Crippen LogP contribution in [0, 0.1) is 0 Å². The lowest BCUT2D eigenvalue weighted by atomic mass is 9.62. The summed E-state index contributed by atoms with van der Waals surface area (Å²) in [4.78, 5) is 0. The maximum absolute atomic E-state index is 9.15. The largest absolute Gasteiger partial charge is 0.491 e. The van der Waals surface area contributed by atoms with Crippen LogP contribution in [0.5, 0.6) is 11.5 Å². The molecule has 0 saturated carbocycles. The van der Waals surface area contributed by atoms with Gasteiger partial charge in [-0.25, -0.2) is 0 Å². The molecule has 4 nitrogen and oxygen atoms in total. The van der Waals surface area contributed by atoms with Crippen molar-refractivity contribution in [2.24, 2.45) is 0 Å². The van der Waals surface area contributed by atoms with Crippen molar-refractivity contribution in [1.29, 1.82) is 0 Å². The molecule has 180 valence electrons. The lowest BCUT2D eigenvalue weighted by Gasteiger charge is -2.40. The van der Waals surface area contributed by atoms with Gasteiger partial charge in [0.05, 0.1) is 13.2 Å². The van der Waals surface area contributed by atoms with Gasteiger partial charge in [0.1, 0.15) is 24.7 Å². The lowest BCUT2D eigenvalue weighted by Crippen LogP contribution is -2.34. The zero-order valence-corrected chi connectivity index (χ0v) is 20.0. The normalized spacial score (nSPS) is 13.8. The van der Waals surface area contributed by atoms with Gasteiger partial charge in [0.25, 0.3) is 0 Å². The summed E-state index contributed by atoms with van der Waals surface area (Å²) in [6, 6.07) is 34.2. The Hall–Kier alpha value is -3.86. The smallest absolute Gasteiger partial charge is 0.119 e. The Morgan fingerprint density at radius 2 is 1.11 bits per heavy atom. The topological polar surface area (TPSA) is 58.9 Å². The standard InChI is InChI=1S/C32H28O4/c33-17-19-35-27-13-9-25(10-14-27)32(26-11-15-28(16-12-26)36-20-18-34)21-24-5-1-3-22-7-8-23-4-2-6-29(32)31(23)30(22)24/h1-16,33-34H,17-21H2. The Morgan fingerprint density at radius 1 is 0.583 bits per heavy atom. The molecule has 2 N–H and O–H groups in total. The van der Waals surface area contributed by atoms with Gasteiger partial charge >= 0.3 is 0 Å². The predicted octanol–water partition coefficient (Wildman–Crippen LogP) is 5.63. The van der Waals surface area contributed by atoms with E-state index in [0.29, 0.717) is 0 Å². The first-order chi connectivity index (χ1) is 17.7. The van der Waals surface area contributed by atoms with Crippen LogP contribution in [0.2, 0.25) is 0 Å². The van der Waals surface area contributed by atoms with Crippen molar-refractivity contribution in [3.63, 3.8) is 0 Å². The molecule has 1 aliphatic rings. The maximum atomic E-state index is 9.15. The van der Waals surface area contributed by atoms with Gasteiger partial charge in [0.15, 0.2) is 0 Å². The van der Waals surface area contributed by atoms with E-state index in [1.807, 2.05) is 24.3 Å². The minimum atomic E-state index is -0.410. The fraction of sp³-hybridized carbons (Fsp3) is 0.188. The molecule has 1 aliphatic carbocycles. The molecule has 0 bridgehead atoms. The van der Waals surface area contributed by atoms with E-state index in [-0.39, 0.29) is 26.4 Å². The summed E-state index contributed by atoms with van der Waals surface area (Å²) in [5.41, 5.74) is 4.58. The van der Waals surface area contributed by atoms with Crippen LogP contribution in [-0.2, 0) is 11.8 Å². The molecule has 0 heterocycles. The van der Waals surface area contributed by atoms with Crippen molar-refractivity contribution in [3.8, 4) is 11.5 Å². The summed E-state index contributed by atoms with van der Waals surface area (Å²) in [5, 5.41) is 23.5. The van der Waals surface area contributed by atoms with Gasteiger partial charge in [0.2, 0.25) is 0 Å². The molecular formula is C32H28O4. The number of benzene rings is 5. The molecule has 0 fully saturated rings. The van der Waals surface area contributed by atoms with Gasteiger partial charge in [0, 0.05) is 5.41 Å². The van der Waals surface area contributed by atoms with Crippen molar-refractivity contribution in [1.82, 2.24) is 0 Å². The second kappa shape index (κ2) is 9.30. The van der Waals surface area contributed by atoms with Gasteiger partial charge in [-0.1, -0.05) is 72.8 Å². The first-order valence-electron chi connectivity index (χ1n) is 12.4. The Morgan fingerprint density at radius 3 is 1.67 bits per heavy atom. The van der Waals surface area contributed by atoms with E-state index < -0.39 is 5.41 Å². The lowest BCUT2D eigenvalue weighted by molar-refractivity contribution is 0.201. The highest BCUT2D eigenvalue weighted by atomic mass is 16.5. The van der Waals surface area contributed by atoms with E-state index in [0.717, 1.165) is 17.9 Å². The molecule has 6 rings (SSSR count). The SMILES string of the molecule is OCCOc1ccc(C2(c3ccc(OCCO)cc3)Cc3cccc4ccc5cccc2c5c34)cc1. The third-order valence-electron chi connectivity index (χ3n) is 7.30. The summed E-state index contributed by atoms with van der Waals surface area (Å²) >= 11 is 0. The van der Waals surface area contributed by atoms with E-state index >= 15 is 0 Å². The number of rotatable bonds is 8. The van der Waals surface area contributed by atoms with Gasteiger partial charge in [-0.15, -0.1) is 0 Å². The highest BCUT2D eigenvalue weighted by molar-refractivity contribution is 6.12. The van der Waals surface area contributed by atoms with Crippen LogP contribution in [0.1, 0.15) is 22.3 Å². The second-order valence-electron chi connectivity index (χ2n) is 9.26. The monoisotopic (exact) mass is 476 g/mol. The molecule has 5 aromatic carbocycles. The van der Waals surface area contributed by atoms with Gasteiger partial charge in [-0.05, 0) is 74.5 Å². The molecule has 5 aromatic rings. The van der Waals surface area contributed by atoms with Crippen molar-refractivity contribution in [2.75, 3.05) is 26.4 Å². The molecule has 0 aliphatic heterocycles. The van der Waals surface area contributed by atoms with Gasteiger partial charge in [-0.3, -0.25) is 0 Å². The average molecular weight is 477 g/mol. The second-order valence-corrected chi connectivity index (χ2v) is 9.26. The van der Waals surface area contributed by atoms with Crippen LogP contribution in [0.3, 0.4) is 0 Å². The number of aliphatic hydroxyl groups excluding tert-OH is 2. The zero-order chi connectivity index (χ0) is 24.5. The van der Waals surface area contributed by atoms with E-state index in [1.54, 1.807) is 0 Å². The molecule has 0 spiro atoms. The fourth-order valence-electron chi connectivity index (χ4n) is 5.80. The fourth-order valence-corrected chi connectivity index (χ4v) is 5.80. The first kappa shape index (κ1) is 22.6. The Bertz CT molecular complexity index is 1470. The van der Waals surface area contributed by atoms with Crippen molar-refractivity contribution < 1.29 is 19.7 Å². The zero-order valence-electron chi connectivity index (χ0n) is 20.0. The van der Waals surface area contributed by atoms with Crippen molar-refractivity contribution >= 4 is 21.5 Å². The van der Waals surface area contributed by atoms with Crippen LogP contribution < -0.4 is 9.47 Å². The molecule has 0 radical (unpaired) electrons. The highest BCUT2D eigenvalue weighted by Crippen LogP contribution is 2.51. The molecule has 0 atom stereocenters. The Kier molecular flexibility index (Phi) is 5.84. The molecule has 0 aromatic heterocycles. The molecular weight excluding hydrogens is 448 g/mol. The molecule has 0 saturated heterocycles. The highest BCUT2D eigenvalue weighted by Gasteiger charge is 2.41. The van der Waals surface area contributed by atoms with Crippen LogP contribution in [0.25, 0.3) is 21.5 Å². The number of ether oxygens (including phenoxy) is 2. The van der Waals surface area contributed by atoms with E-state index in [1.165, 1.54) is 43.8 Å². The Balaban J connectivity index is 1.60. The predicted molar refractivity (Wildman–Crippen MR) is 143 cm³/mol. The summed E-state index contributed by atoms with van der Waals surface area (Å²) < 4.78 is 11.3. The van der Waals surface area contributed by atoms with E-state index in [4.69, 9.17) is 19.7 Å². The van der Waals surface area contributed by atoms with E-state index in [2.05, 4.69) is 72.8 Å². The summed E-state index contributed by atoms with van der Waals surface area (Å²) in [6.45, 7) is 0.515. The minimum Gasteiger partial charge on any atom is -0.491 e. The third kappa shape index (κ3) is 3.62. The summed E-state index contributed by atoms with van der Waals surface area (Å²) in [7, 11) is 0. The van der Waals surface area contributed by atoms with Crippen LogP contribution in [0.15, 0.2) is 97.1 Å². The molecule has 4 heteroatoms. The third-order valence-corrected chi connectivity index (χ3v) is 7.30. The summed E-state index contributed by atoms with van der Waals surface area (Å²) in [5.74, 6) is 1.49. The minimum absolute atomic E-state index is 0.0147. The first-order valence-corrected chi connectivity index (χ1v) is 12.4. The van der Waals surface area contributed by atoms with Crippen molar-refractivity contribution in [2.45, 2.75) is 11.8 Å². The number of aliphatic hydroxyl groups is 2. The number of hydrogen-bond donors (Lipinski definition) is 2. The average Bonchev–Trinajstić information content (AvgIpc) is 2.94.